The molecule has 1 aliphatic rings. The zero-order valence-corrected chi connectivity index (χ0v) is 10.5. The molecule has 0 bridgehead atoms. The molecule has 0 aromatic rings. The predicted octanol–water partition coefficient (Wildman–Crippen LogP) is 0.633. The van der Waals surface area contributed by atoms with E-state index < -0.39 is 5.60 Å². The van der Waals surface area contributed by atoms with Gasteiger partial charge >= 0.3 is 0 Å². The summed E-state index contributed by atoms with van der Waals surface area (Å²) < 4.78 is 4.98. The first-order valence-electron chi connectivity index (χ1n) is 6.24. The molecule has 96 valence electrons. The number of nitrogens with two attached hydrogens (primary N) is 1. The van der Waals surface area contributed by atoms with Gasteiger partial charge in [0.2, 0.25) is 0 Å². The van der Waals surface area contributed by atoms with E-state index in [0.717, 1.165) is 12.8 Å². The summed E-state index contributed by atoms with van der Waals surface area (Å²) in [6.45, 7) is 3.06. The normalized spacial score (nSPS) is 30.0. The van der Waals surface area contributed by atoms with Crippen molar-refractivity contribution in [3.05, 3.63) is 0 Å². The van der Waals surface area contributed by atoms with Gasteiger partial charge in [-0.05, 0) is 26.2 Å². The van der Waals surface area contributed by atoms with E-state index in [1.165, 1.54) is 12.8 Å². The maximum absolute atomic E-state index is 10.1. The molecule has 0 saturated heterocycles. The number of ether oxygens (including phenoxy) is 1. The first-order chi connectivity index (χ1) is 7.53. The molecule has 0 aliphatic heterocycles. The monoisotopic (exact) mass is 230 g/mol. The van der Waals surface area contributed by atoms with Crippen molar-refractivity contribution >= 4 is 0 Å². The van der Waals surface area contributed by atoms with Gasteiger partial charge in [0.25, 0.3) is 0 Å². The SMILES string of the molecule is COCCC(C)(O)CNC1CCCC(N)C1. The average molecular weight is 230 g/mol. The van der Waals surface area contributed by atoms with Crippen molar-refractivity contribution in [1.29, 1.82) is 0 Å². The largest absolute Gasteiger partial charge is 0.389 e. The van der Waals surface area contributed by atoms with E-state index in [4.69, 9.17) is 10.5 Å². The lowest BCUT2D eigenvalue weighted by Gasteiger charge is -2.31. The Labute approximate surface area is 98.5 Å². The van der Waals surface area contributed by atoms with Crippen LogP contribution in [0.5, 0.6) is 0 Å². The third kappa shape index (κ3) is 5.25. The molecule has 4 nitrogen and oxygen atoms in total. The van der Waals surface area contributed by atoms with Crippen molar-refractivity contribution in [3.63, 3.8) is 0 Å². The molecule has 1 fully saturated rings. The molecule has 0 amide bonds. The Kier molecular flexibility index (Phi) is 5.69. The van der Waals surface area contributed by atoms with Crippen LogP contribution in [0.4, 0.5) is 0 Å². The molecule has 0 heterocycles. The summed E-state index contributed by atoms with van der Waals surface area (Å²) in [5, 5.41) is 13.5. The van der Waals surface area contributed by atoms with E-state index in [9.17, 15) is 5.11 Å². The minimum Gasteiger partial charge on any atom is -0.389 e. The first kappa shape index (κ1) is 13.9. The summed E-state index contributed by atoms with van der Waals surface area (Å²) in [6.07, 6.45) is 5.20. The number of aliphatic hydroxyl groups is 1. The lowest BCUT2D eigenvalue weighted by atomic mass is 9.91. The molecular weight excluding hydrogens is 204 g/mol. The van der Waals surface area contributed by atoms with Crippen LogP contribution in [-0.4, -0.2) is 43.1 Å². The number of methoxy groups -OCH3 is 1. The Bertz CT molecular complexity index is 197. The third-order valence-corrected chi connectivity index (χ3v) is 3.33. The summed E-state index contributed by atoms with van der Waals surface area (Å²) in [7, 11) is 1.66. The van der Waals surface area contributed by atoms with Crippen molar-refractivity contribution in [2.24, 2.45) is 5.73 Å². The fraction of sp³-hybridized carbons (Fsp3) is 1.00. The van der Waals surface area contributed by atoms with Gasteiger partial charge in [-0.3, -0.25) is 0 Å². The lowest BCUT2D eigenvalue weighted by molar-refractivity contribution is 0.0215. The number of nitrogens with one attached hydrogen (secondary N) is 1. The van der Waals surface area contributed by atoms with Gasteiger partial charge in [-0.2, -0.15) is 0 Å². The van der Waals surface area contributed by atoms with Crippen molar-refractivity contribution in [2.75, 3.05) is 20.3 Å². The van der Waals surface area contributed by atoms with Crippen molar-refractivity contribution in [3.8, 4) is 0 Å². The van der Waals surface area contributed by atoms with Gasteiger partial charge in [-0.25, -0.2) is 0 Å². The standard InChI is InChI=1S/C12H26N2O2/c1-12(15,6-7-16-2)9-14-11-5-3-4-10(13)8-11/h10-11,14-15H,3-9,13H2,1-2H3. The van der Waals surface area contributed by atoms with Gasteiger partial charge in [0, 0.05) is 38.8 Å². The Morgan fingerprint density at radius 2 is 2.25 bits per heavy atom. The maximum Gasteiger partial charge on any atom is 0.0765 e. The van der Waals surface area contributed by atoms with Gasteiger partial charge in [-0.1, -0.05) is 6.42 Å². The van der Waals surface area contributed by atoms with E-state index >= 15 is 0 Å². The molecule has 0 aromatic carbocycles. The second-order valence-electron chi connectivity index (χ2n) is 5.24. The molecular formula is C12H26N2O2. The second kappa shape index (κ2) is 6.55. The second-order valence-corrected chi connectivity index (χ2v) is 5.24. The molecule has 1 aliphatic carbocycles. The molecule has 4 N–H and O–H groups in total. The van der Waals surface area contributed by atoms with Gasteiger partial charge < -0.3 is 20.9 Å². The molecule has 3 atom stereocenters. The van der Waals surface area contributed by atoms with Crippen LogP contribution in [0.3, 0.4) is 0 Å². The van der Waals surface area contributed by atoms with Crippen LogP contribution in [-0.2, 0) is 4.74 Å². The fourth-order valence-corrected chi connectivity index (χ4v) is 2.19. The van der Waals surface area contributed by atoms with Crippen LogP contribution < -0.4 is 11.1 Å². The van der Waals surface area contributed by atoms with Crippen LogP contribution in [0, 0.1) is 0 Å². The molecule has 1 saturated carbocycles. The highest BCUT2D eigenvalue weighted by atomic mass is 16.5. The van der Waals surface area contributed by atoms with Gasteiger partial charge in [0.1, 0.15) is 0 Å². The lowest BCUT2D eigenvalue weighted by Crippen LogP contribution is -2.46. The number of hydrogen-bond acceptors (Lipinski definition) is 4. The Morgan fingerprint density at radius 1 is 1.50 bits per heavy atom. The highest BCUT2D eigenvalue weighted by Gasteiger charge is 2.24. The van der Waals surface area contributed by atoms with E-state index in [-0.39, 0.29) is 0 Å². The van der Waals surface area contributed by atoms with Crippen LogP contribution >= 0.6 is 0 Å². The third-order valence-electron chi connectivity index (χ3n) is 3.33. The number of hydrogen-bond donors (Lipinski definition) is 3. The summed E-state index contributed by atoms with van der Waals surface area (Å²) in [6, 6.07) is 0.799. The van der Waals surface area contributed by atoms with Crippen LogP contribution in [0.2, 0.25) is 0 Å². The summed E-state index contributed by atoms with van der Waals surface area (Å²) in [5.41, 5.74) is 5.24. The minimum absolute atomic E-state index is 0.329. The predicted molar refractivity (Wildman–Crippen MR) is 65.4 cm³/mol. The summed E-state index contributed by atoms with van der Waals surface area (Å²) in [4.78, 5) is 0. The van der Waals surface area contributed by atoms with E-state index in [1.54, 1.807) is 7.11 Å². The first-order valence-corrected chi connectivity index (χ1v) is 6.24. The van der Waals surface area contributed by atoms with Crippen LogP contribution in [0.1, 0.15) is 39.0 Å². The van der Waals surface area contributed by atoms with E-state index in [2.05, 4.69) is 5.32 Å². The van der Waals surface area contributed by atoms with Gasteiger partial charge in [0.15, 0.2) is 0 Å². The molecule has 3 unspecified atom stereocenters. The minimum atomic E-state index is -0.683. The number of rotatable bonds is 6. The quantitative estimate of drug-likeness (QED) is 0.626. The molecule has 0 radical (unpaired) electrons. The molecule has 0 spiro atoms. The smallest absolute Gasteiger partial charge is 0.0765 e. The average Bonchev–Trinajstić information content (AvgIpc) is 2.24. The maximum atomic E-state index is 10.1. The zero-order chi connectivity index (χ0) is 12.0. The van der Waals surface area contributed by atoms with Crippen molar-refractivity contribution in [2.45, 2.75) is 56.7 Å². The Hall–Kier alpha value is -0.160. The Balaban J connectivity index is 2.21. The molecule has 1 rings (SSSR count). The highest BCUT2D eigenvalue weighted by Crippen LogP contribution is 2.18. The van der Waals surface area contributed by atoms with Crippen LogP contribution in [0.15, 0.2) is 0 Å². The van der Waals surface area contributed by atoms with Crippen molar-refractivity contribution in [1.82, 2.24) is 5.32 Å². The van der Waals surface area contributed by atoms with E-state index in [1.807, 2.05) is 6.92 Å². The van der Waals surface area contributed by atoms with Gasteiger partial charge in [-0.15, -0.1) is 0 Å². The summed E-state index contributed by atoms with van der Waals surface area (Å²) in [5.74, 6) is 0. The molecule has 0 aromatic heterocycles. The van der Waals surface area contributed by atoms with Gasteiger partial charge in [0.05, 0.1) is 5.60 Å². The highest BCUT2D eigenvalue weighted by molar-refractivity contribution is 4.83. The fourth-order valence-electron chi connectivity index (χ4n) is 2.19. The van der Waals surface area contributed by atoms with Crippen molar-refractivity contribution < 1.29 is 9.84 Å². The molecule has 4 heteroatoms. The topological polar surface area (TPSA) is 67.5 Å². The van der Waals surface area contributed by atoms with Crippen LogP contribution in [0.25, 0.3) is 0 Å². The molecule has 16 heavy (non-hydrogen) atoms. The van der Waals surface area contributed by atoms with E-state index in [0.29, 0.717) is 31.7 Å². The Morgan fingerprint density at radius 3 is 2.88 bits per heavy atom. The zero-order valence-electron chi connectivity index (χ0n) is 10.5. The summed E-state index contributed by atoms with van der Waals surface area (Å²) >= 11 is 0.